The van der Waals surface area contributed by atoms with Gasteiger partial charge in [-0.2, -0.15) is 0 Å². The molecular weight excluding hydrogens is 322 g/mol. The zero-order valence-electron chi connectivity index (χ0n) is 12.4. The van der Waals surface area contributed by atoms with Gasteiger partial charge in [0.1, 0.15) is 11.5 Å². The fourth-order valence-corrected chi connectivity index (χ4v) is 2.15. The van der Waals surface area contributed by atoms with Gasteiger partial charge >= 0.3 is 5.97 Å². The monoisotopic (exact) mass is 335 g/mol. The molecule has 1 amide bonds. The SMILES string of the molecule is COc1ccc(C(=O)Nc2cc(Cl)ccc2C(=O)O)c(OC)c1. The minimum absolute atomic E-state index is 0.0600. The summed E-state index contributed by atoms with van der Waals surface area (Å²) in [6.07, 6.45) is 0. The van der Waals surface area contributed by atoms with E-state index in [0.717, 1.165) is 0 Å². The summed E-state index contributed by atoms with van der Waals surface area (Å²) in [5, 5.41) is 12.0. The Morgan fingerprint density at radius 1 is 1.04 bits per heavy atom. The third-order valence-corrected chi connectivity index (χ3v) is 3.35. The first-order valence-electron chi connectivity index (χ1n) is 6.52. The molecule has 2 N–H and O–H groups in total. The summed E-state index contributed by atoms with van der Waals surface area (Å²) < 4.78 is 10.2. The molecule has 0 aliphatic rings. The van der Waals surface area contributed by atoms with Gasteiger partial charge in [-0.15, -0.1) is 0 Å². The molecule has 0 fully saturated rings. The molecule has 2 aromatic rings. The van der Waals surface area contributed by atoms with Gasteiger partial charge in [0, 0.05) is 11.1 Å². The standard InChI is InChI=1S/C16H14ClNO5/c1-22-10-4-6-12(14(8-10)23-2)15(19)18-13-7-9(17)3-5-11(13)16(20)21/h3-8H,1-2H3,(H,18,19)(H,20,21). The largest absolute Gasteiger partial charge is 0.497 e. The number of hydrogen-bond acceptors (Lipinski definition) is 4. The van der Waals surface area contributed by atoms with Crippen LogP contribution in [0, 0.1) is 0 Å². The number of halogens is 1. The van der Waals surface area contributed by atoms with Gasteiger partial charge in [0.05, 0.1) is 31.0 Å². The second-order valence-corrected chi connectivity index (χ2v) is 4.95. The highest BCUT2D eigenvalue weighted by atomic mass is 35.5. The number of hydrogen-bond donors (Lipinski definition) is 2. The highest BCUT2D eigenvalue weighted by Gasteiger charge is 2.17. The molecular formula is C16H14ClNO5. The minimum Gasteiger partial charge on any atom is -0.497 e. The van der Waals surface area contributed by atoms with Crippen molar-refractivity contribution < 1.29 is 24.2 Å². The molecule has 0 bridgehead atoms. The van der Waals surface area contributed by atoms with Gasteiger partial charge in [-0.05, 0) is 30.3 Å². The fourth-order valence-electron chi connectivity index (χ4n) is 1.98. The van der Waals surface area contributed by atoms with E-state index in [0.29, 0.717) is 16.5 Å². The highest BCUT2D eigenvalue weighted by molar-refractivity contribution is 6.31. The van der Waals surface area contributed by atoms with Gasteiger partial charge in [0.15, 0.2) is 0 Å². The Morgan fingerprint density at radius 3 is 2.35 bits per heavy atom. The molecule has 0 unspecified atom stereocenters. The maximum Gasteiger partial charge on any atom is 0.337 e. The molecule has 0 heterocycles. The van der Waals surface area contributed by atoms with Crippen LogP contribution in [0.2, 0.25) is 5.02 Å². The van der Waals surface area contributed by atoms with E-state index in [1.165, 1.54) is 38.5 Å². The van der Waals surface area contributed by atoms with Crippen LogP contribution in [0.1, 0.15) is 20.7 Å². The van der Waals surface area contributed by atoms with Gasteiger partial charge in [0.2, 0.25) is 0 Å². The molecule has 120 valence electrons. The molecule has 0 aliphatic heterocycles. The summed E-state index contributed by atoms with van der Waals surface area (Å²) in [6.45, 7) is 0. The second kappa shape index (κ2) is 7.02. The van der Waals surface area contributed by atoms with E-state index in [1.54, 1.807) is 12.1 Å². The van der Waals surface area contributed by atoms with Crippen molar-refractivity contribution in [2.24, 2.45) is 0 Å². The van der Waals surface area contributed by atoms with E-state index in [9.17, 15) is 14.7 Å². The lowest BCUT2D eigenvalue weighted by molar-refractivity contribution is 0.0698. The van der Waals surface area contributed by atoms with Crippen LogP contribution in [0.5, 0.6) is 11.5 Å². The van der Waals surface area contributed by atoms with Crippen LogP contribution in [0.4, 0.5) is 5.69 Å². The zero-order chi connectivity index (χ0) is 17.0. The number of aromatic carboxylic acids is 1. The number of rotatable bonds is 5. The normalized spacial score (nSPS) is 10.0. The Kier molecular flexibility index (Phi) is 5.08. The number of carboxylic acid groups (broad SMARTS) is 1. The number of carbonyl (C=O) groups is 2. The molecule has 0 atom stereocenters. The Morgan fingerprint density at radius 2 is 1.74 bits per heavy atom. The summed E-state index contributed by atoms with van der Waals surface area (Å²) in [5.41, 5.74) is 0.285. The Balaban J connectivity index is 2.36. The van der Waals surface area contributed by atoms with Crippen LogP contribution >= 0.6 is 11.6 Å². The molecule has 0 aliphatic carbocycles. The molecule has 0 spiro atoms. The fraction of sp³-hybridized carbons (Fsp3) is 0.125. The van der Waals surface area contributed by atoms with Crippen molar-refractivity contribution in [3.05, 3.63) is 52.5 Å². The molecule has 0 saturated carbocycles. The van der Waals surface area contributed by atoms with Crippen molar-refractivity contribution >= 4 is 29.2 Å². The number of benzene rings is 2. The molecule has 0 saturated heterocycles. The maximum atomic E-state index is 12.4. The van der Waals surface area contributed by atoms with E-state index in [-0.39, 0.29) is 16.8 Å². The van der Waals surface area contributed by atoms with Crippen molar-refractivity contribution in [1.29, 1.82) is 0 Å². The van der Waals surface area contributed by atoms with Crippen molar-refractivity contribution in [2.45, 2.75) is 0 Å². The van der Waals surface area contributed by atoms with E-state index >= 15 is 0 Å². The average Bonchev–Trinajstić information content (AvgIpc) is 2.53. The van der Waals surface area contributed by atoms with Crippen molar-refractivity contribution in [3.63, 3.8) is 0 Å². The van der Waals surface area contributed by atoms with Crippen molar-refractivity contribution in [3.8, 4) is 11.5 Å². The number of amides is 1. The van der Waals surface area contributed by atoms with Crippen molar-refractivity contribution in [1.82, 2.24) is 0 Å². The van der Waals surface area contributed by atoms with Crippen LogP contribution in [0.15, 0.2) is 36.4 Å². The Hall–Kier alpha value is -2.73. The van der Waals surface area contributed by atoms with Gasteiger partial charge < -0.3 is 19.9 Å². The first-order chi connectivity index (χ1) is 11.0. The predicted octanol–water partition coefficient (Wildman–Crippen LogP) is 3.31. The summed E-state index contributed by atoms with van der Waals surface area (Å²) in [5.74, 6) is -0.846. The molecule has 0 radical (unpaired) electrons. The summed E-state index contributed by atoms with van der Waals surface area (Å²) in [6, 6.07) is 8.83. The van der Waals surface area contributed by atoms with Crippen LogP contribution in [0.3, 0.4) is 0 Å². The zero-order valence-corrected chi connectivity index (χ0v) is 13.2. The quantitative estimate of drug-likeness (QED) is 0.875. The molecule has 23 heavy (non-hydrogen) atoms. The molecule has 6 nitrogen and oxygen atoms in total. The number of carbonyl (C=O) groups excluding carboxylic acids is 1. The number of ether oxygens (including phenoxy) is 2. The van der Waals surface area contributed by atoms with Gasteiger partial charge in [-0.3, -0.25) is 4.79 Å². The van der Waals surface area contributed by atoms with Gasteiger partial charge in [0.25, 0.3) is 5.91 Å². The van der Waals surface area contributed by atoms with Gasteiger partial charge in [-0.1, -0.05) is 11.6 Å². The second-order valence-electron chi connectivity index (χ2n) is 4.52. The minimum atomic E-state index is -1.17. The lowest BCUT2D eigenvalue weighted by Gasteiger charge is -2.12. The third kappa shape index (κ3) is 3.73. The van der Waals surface area contributed by atoms with Gasteiger partial charge in [-0.25, -0.2) is 4.79 Å². The molecule has 7 heteroatoms. The van der Waals surface area contributed by atoms with Crippen LogP contribution in [-0.2, 0) is 0 Å². The number of methoxy groups -OCH3 is 2. The Labute approximate surface area is 137 Å². The first-order valence-corrected chi connectivity index (χ1v) is 6.90. The van der Waals surface area contributed by atoms with E-state index in [2.05, 4.69) is 5.32 Å². The molecule has 2 rings (SSSR count). The van der Waals surface area contributed by atoms with Crippen LogP contribution in [-0.4, -0.2) is 31.2 Å². The lowest BCUT2D eigenvalue weighted by Crippen LogP contribution is -2.15. The smallest absolute Gasteiger partial charge is 0.337 e. The Bertz CT molecular complexity index is 760. The van der Waals surface area contributed by atoms with E-state index < -0.39 is 11.9 Å². The van der Waals surface area contributed by atoms with Crippen molar-refractivity contribution in [2.75, 3.05) is 19.5 Å². The molecule has 0 aromatic heterocycles. The first kappa shape index (κ1) is 16.6. The third-order valence-electron chi connectivity index (χ3n) is 3.11. The number of carboxylic acids is 1. The highest BCUT2D eigenvalue weighted by Crippen LogP contribution is 2.27. The number of nitrogens with one attached hydrogen (secondary N) is 1. The van der Waals surface area contributed by atoms with Crippen LogP contribution < -0.4 is 14.8 Å². The average molecular weight is 336 g/mol. The summed E-state index contributed by atoms with van der Waals surface area (Å²) >= 11 is 5.86. The lowest BCUT2D eigenvalue weighted by atomic mass is 10.1. The predicted molar refractivity (Wildman–Crippen MR) is 85.9 cm³/mol. The summed E-state index contributed by atoms with van der Waals surface area (Å²) in [7, 11) is 2.92. The maximum absolute atomic E-state index is 12.4. The van der Waals surface area contributed by atoms with E-state index in [4.69, 9.17) is 21.1 Å². The summed E-state index contributed by atoms with van der Waals surface area (Å²) in [4.78, 5) is 23.6. The topological polar surface area (TPSA) is 84.9 Å². The van der Waals surface area contributed by atoms with E-state index in [1.807, 2.05) is 0 Å². The van der Waals surface area contributed by atoms with Crippen LogP contribution in [0.25, 0.3) is 0 Å². The molecule has 2 aromatic carbocycles. The number of anilines is 1.